The fourth-order valence-electron chi connectivity index (χ4n) is 3.66. The van der Waals surface area contributed by atoms with Crippen LogP contribution in [0.3, 0.4) is 0 Å². The second kappa shape index (κ2) is 7.83. The predicted octanol–water partition coefficient (Wildman–Crippen LogP) is 3.66. The first-order valence-corrected chi connectivity index (χ1v) is 10.4. The maximum atomic E-state index is 12.9. The Balaban J connectivity index is 2.21. The lowest BCUT2D eigenvalue weighted by atomic mass is 9.94. The van der Waals surface area contributed by atoms with Crippen molar-refractivity contribution in [3.8, 4) is 0 Å². The molecular weight excluding hydrogens is 322 g/mol. The van der Waals surface area contributed by atoms with E-state index in [1.165, 1.54) is 42.6 Å². The van der Waals surface area contributed by atoms with E-state index in [-0.39, 0.29) is 17.0 Å². The van der Waals surface area contributed by atoms with Crippen LogP contribution in [0.4, 0.5) is 5.82 Å². The second-order valence-corrected chi connectivity index (χ2v) is 9.12. The number of sulfonamides is 1. The van der Waals surface area contributed by atoms with Gasteiger partial charge in [-0.3, -0.25) is 0 Å². The van der Waals surface area contributed by atoms with Gasteiger partial charge in [0.1, 0.15) is 10.7 Å². The molecule has 5 nitrogen and oxygen atoms in total. The van der Waals surface area contributed by atoms with E-state index in [0.29, 0.717) is 6.04 Å². The highest BCUT2D eigenvalue weighted by Crippen LogP contribution is 2.26. The number of pyridine rings is 1. The minimum Gasteiger partial charge on any atom is -0.357 e. The number of nitrogens with zero attached hydrogens (tertiary/aromatic N) is 3. The van der Waals surface area contributed by atoms with Crippen LogP contribution in [0.25, 0.3) is 0 Å². The predicted molar refractivity (Wildman–Crippen MR) is 98.8 cm³/mol. The minimum atomic E-state index is -3.51. The average molecular weight is 354 g/mol. The highest BCUT2D eigenvalue weighted by Gasteiger charge is 2.30. The normalized spacial score (nSPS) is 17.0. The van der Waals surface area contributed by atoms with E-state index in [0.717, 1.165) is 5.82 Å². The molecule has 1 heterocycles. The maximum absolute atomic E-state index is 12.9. The van der Waals surface area contributed by atoms with E-state index in [1.807, 2.05) is 33.8 Å². The molecule has 0 saturated heterocycles. The van der Waals surface area contributed by atoms with Gasteiger partial charge in [0.25, 0.3) is 0 Å². The van der Waals surface area contributed by atoms with Crippen molar-refractivity contribution in [2.24, 2.45) is 0 Å². The van der Waals surface area contributed by atoms with Gasteiger partial charge in [-0.2, -0.15) is 4.31 Å². The number of hydrogen-bond acceptors (Lipinski definition) is 4. The molecule has 1 aliphatic carbocycles. The van der Waals surface area contributed by atoms with Gasteiger partial charge in [-0.25, -0.2) is 13.4 Å². The topological polar surface area (TPSA) is 53.5 Å². The molecule has 1 aliphatic rings. The first-order chi connectivity index (χ1) is 11.2. The molecule has 0 aliphatic heterocycles. The summed E-state index contributed by atoms with van der Waals surface area (Å²) >= 11 is 0. The third kappa shape index (κ3) is 4.09. The van der Waals surface area contributed by atoms with Crippen LogP contribution in [-0.2, 0) is 10.0 Å². The molecule has 0 unspecified atom stereocenters. The van der Waals surface area contributed by atoms with Crippen molar-refractivity contribution in [1.29, 1.82) is 0 Å². The van der Waals surface area contributed by atoms with Gasteiger partial charge in [-0.05, 0) is 52.7 Å². The first kappa shape index (κ1) is 19.2. The average Bonchev–Trinajstić information content (AvgIpc) is 2.54. The van der Waals surface area contributed by atoms with Crippen LogP contribution in [-0.4, -0.2) is 42.9 Å². The van der Waals surface area contributed by atoms with Crippen LogP contribution in [0.2, 0.25) is 0 Å². The van der Waals surface area contributed by atoms with Gasteiger partial charge in [0.15, 0.2) is 0 Å². The molecule has 0 aromatic carbocycles. The molecule has 6 heteroatoms. The Morgan fingerprint density at radius 2 is 1.62 bits per heavy atom. The fourth-order valence-corrected chi connectivity index (χ4v) is 5.44. The summed E-state index contributed by atoms with van der Waals surface area (Å²) in [6.45, 7) is 7.60. The van der Waals surface area contributed by atoms with Gasteiger partial charge in [0.05, 0.1) is 0 Å². The van der Waals surface area contributed by atoms with Crippen LogP contribution in [0.15, 0.2) is 23.2 Å². The van der Waals surface area contributed by atoms with Crippen LogP contribution in [0, 0.1) is 0 Å². The third-order valence-corrected chi connectivity index (χ3v) is 7.03. The van der Waals surface area contributed by atoms with Crippen molar-refractivity contribution in [3.05, 3.63) is 18.3 Å². The molecule has 0 radical (unpaired) electrons. The highest BCUT2D eigenvalue weighted by molar-refractivity contribution is 7.89. The van der Waals surface area contributed by atoms with Crippen molar-refractivity contribution in [2.75, 3.05) is 11.9 Å². The number of anilines is 1. The smallest absolute Gasteiger partial charge is 0.245 e. The third-order valence-electron chi connectivity index (χ3n) is 4.80. The van der Waals surface area contributed by atoms with E-state index in [4.69, 9.17) is 0 Å². The summed E-state index contributed by atoms with van der Waals surface area (Å²) in [5, 5.41) is 0. The highest BCUT2D eigenvalue weighted by atomic mass is 32.2. The lowest BCUT2D eigenvalue weighted by Gasteiger charge is -2.32. The van der Waals surface area contributed by atoms with E-state index in [1.54, 1.807) is 6.07 Å². The molecule has 1 aromatic heterocycles. The molecule has 0 spiro atoms. The zero-order chi connectivity index (χ0) is 17.9. The largest absolute Gasteiger partial charge is 0.357 e. The molecule has 1 aromatic rings. The molecule has 1 fully saturated rings. The van der Waals surface area contributed by atoms with Crippen molar-refractivity contribution in [2.45, 2.75) is 82.8 Å². The molecule has 0 atom stereocenters. The Labute approximate surface area is 147 Å². The zero-order valence-corrected chi connectivity index (χ0v) is 16.4. The van der Waals surface area contributed by atoms with Gasteiger partial charge in [0.2, 0.25) is 10.0 Å². The van der Waals surface area contributed by atoms with Crippen molar-refractivity contribution in [1.82, 2.24) is 9.29 Å². The molecule has 24 heavy (non-hydrogen) atoms. The summed E-state index contributed by atoms with van der Waals surface area (Å²) in [6.07, 6.45) is 7.72. The molecule has 2 rings (SSSR count). The van der Waals surface area contributed by atoms with E-state index < -0.39 is 10.0 Å². The molecule has 0 amide bonds. The van der Waals surface area contributed by atoms with Gasteiger partial charge in [0, 0.05) is 31.4 Å². The van der Waals surface area contributed by atoms with Crippen molar-refractivity contribution < 1.29 is 8.42 Å². The quantitative estimate of drug-likeness (QED) is 0.783. The lowest BCUT2D eigenvalue weighted by molar-refractivity contribution is 0.302. The minimum absolute atomic E-state index is 0.0837. The Morgan fingerprint density at radius 1 is 1.04 bits per heavy atom. The SMILES string of the molecule is CC(C)N(C(C)C)S(=O)(=O)c1ccc(N(C)C2CCCCC2)nc1. The molecule has 0 N–H and O–H groups in total. The molecular formula is C18H31N3O2S. The maximum Gasteiger partial charge on any atom is 0.245 e. The van der Waals surface area contributed by atoms with Gasteiger partial charge >= 0.3 is 0 Å². The molecule has 136 valence electrons. The summed E-state index contributed by atoms with van der Waals surface area (Å²) in [5.41, 5.74) is 0. The van der Waals surface area contributed by atoms with Gasteiger partial charge in [-0.1, -0.05) is 19.3 Å². The number of aromatic nitrogens is 1. The van der Waals surface area contributed by atoms with Gasteiger partial charge < -0.3 is 4.90 Å². The summed E-state index contributed by atoms with van der Waals surface area (Å²) in [6, 6.07) is 3.87. The Bertz CT molecular complexity index is 612. The Hall–Kier alpha value is -1.14. The Morgan fingerprint density at radius 3 is 2.08 bits per heavy atom. The van der Waals surface area contributed by atoms with E-state index >= 15 is 0 Å². The summed E-state index contributed by atoms with van der Waals surface area (Å²) < 4.78 is 27.3. The first-order valence-electron chi connectivity index (χ1n) is 8.97. The molecule has 1 saturated carbocycles. The summed E-state index contributed by atoms with van der Waals surface area (Å²) in [5.74, 6) is 0.849. The zero-order valence-electron chi connectivity index (χ0n) is 15.6. The standard InChI is InChI=1S/C18H31N3O2S/c1-14(2)21(15(3)4)24(22,23)17-11-12-18(19-13-17)20(5)16-9-7-6-8-10-16/h11-16H,6-10H2,1-5H3. The number of hydrogen-bond donors (Lipinski definition) is 0. The van der Waals surface area contributed by atoms with Crippen molar-refractivity contribution in [3.63, 3.8) is 0 Å². The van der Waals surface area contributed by atoms with Gasteiger partial charge in [-0.15, -0.1) is 0 Å². The number of rotatable bonds is 6. The second-order valence-electron chi connectivity index (χ2n) is 7.28. The summed E-state index contributed by atoms with van der Waals surface area (Å²) in [7, 11) is -1.46. The van der Waals surface area contributed by atoms with Crippen molar-refractivity contribution >= 4 is 15.8 Å². The van der Waals surface area contributed by atoms with Crippen LogP contribution in [0.1, 0.15) is 59.8 Å². The Kier molecular flexibility index (Phi) is 6.26. The van der Waals surface area contributed by atoms with Crippen LogP contribution in [0.5, 0.6) is 0 Å². The van der Waals surface area contributed by atoms with Crippen LogP contribution < -0.4 is 4.90 Å². The van der Waals surface area contributed by atoms with E-state index in [9.17, 15) is 8.42 Å². The lowest BCUT2D eigenvalue weighted by Crippen LogP contribution is -2.42. The van der Waals surface area contributed by atoms with Crippen LogP contribution >= 0.6 is 0 Å². The fraction of sp³-hybridized carbons (Fsp3) is 0.722. The summed E-state index contributed by atoms with van der Waals surface area (Å²) in [4.78, 5) is 6.90. The molecule has 0 bridgehead atoms. The monoisotopic (exact) mass is 353 g/mol. The van der Waals surface area contributed by atoms with E-state index in [2.05, 4.69) is 16.9 Å².